The second kappa shape index (κ2) is 5.74. The Labute approximate surface area is 115 Å². The number of benzene rings is 1. The van der Waals surface area contributed by atoms with E-state index in [0.717, 1.165) is 36.8 Å². The number of nitrogens with one attached hydrogen (secondary N) is 1. The Kier molecular flexibility index (Phi) is 4.25. The number of aryl methyl sites for hydroxylation is 2. The summed E-state index contributed by atoms with van der Waals surface area (Å²) in [4.78, 5) is 12.2. The van der Waals surface area contributed by atoms with Gasteiger partial charge in [0.1, 0.15) is 0 Å². The molecule has 3 nitrogen and oxygen atoms in total. The number of hydrogen-bond donors (Lipinski definition) is 2. The second-order valence-corrected chi connectivity index (χ2v) is 5.92. The van der Waals surface area contributed by atoms with Gasteiger partial charge in [-0.15, -0.1) is 0 Å². The number of aliphatic hydroxyl groups excluding tert-OH is 1. The molecule has 0 bridgehead atoms. The molecule has 0 heterocycles. The molecule has 2 rings (SSSR count). The fourth-order valence-electron chi connectivity index (χ4n) is 2.99. The average Bonchev–Trinajstić information content (AvgIpc) is 2.84. The van der Waals surface area contributed by atoms with Crippen LogP contribution in [0.3, 0.4) is 0 Å². The van der Waals surface area contributed by atoms with Crippen LogP contribution in [0.2, 0.25) is 0 Å². The SMILES string of the molecule is Cc1cc(C)cc(C(=O)NCC2(CO)CCCC2)c1. The molecule has 2 N–H and O–H groups in total. The molecule has 1 aliphatic carbocycles. The van der Waals surface area contributed by atoms with Gasteiger partial charge in [-0.3, -0.25) is 4.79 Å². The summed E-state index contributed by atoms with van der Waals surface area (Å²) in [5, 5.41) is 12.5. The first kappa shape index (κ1) is 14.1. The lowest BCUT2D eigenvalue weighted by atomic mass is 9.87. The minimum atomic E-state index is -0.0888. The fourth-order valence-corrected chi connectivity index (χ4v) is 2.99. The van der Waals surface area contributed by atoms with E-state index in [1.807, 2.05) is 26.0 Å². The molecule has 0 aliphatic heterocycles. The van der Waals surface area contributed by atoms with Crippen LogP contribution in [0, 0.1) is 19.3 Å². The van der Waals surface area contributed by atoms with Crippen LogP contribution in [-0.4, -0.2) is 24.2 Å². The number of rotatable bonds is 4. The Morgan fingerprint density at radius 3 is 2.32 bits per heavy atom. The zero-order valence-corrected chi connectivity index (χ0v) is 11.8. The third-order valence-electron chi connectivity index (χ3n) is 4.11. The van der Waals surface area contributed by atoms with Crippen LogP contribution >= 0.6 is 0 Å². The highest BCUT2D eigenvalue weighted by Gasteiger charge is 2.33. The standard InChI is InChI=1S/C16H23NO2/c1-12-7-13(2)9-14(8-12)15(19)17-10-16(11-18)5-3-4-6-16/h7-9,18H,3-6,10-11H2,1-2H3,(H,17,19). The maximum absolute atomic E-state index is 12.2. The lowest BCUT2D eigenvalue weighted by Gasteiger charge is -2.26. The average molecular weight is 261 g/mol. The van der Waals surface area contributed by atoms with Crippen LogP contribution in [0.1, 0.15) is 47.2 Å². The molecule has 0 saturated heterocycles. The van der Waals surface area contributed by atoms with Crippen molar-refractivity contribution in [3.05, 3.63) is 34.9 Å². The molecule has 1 aromatic rings. The number of aliphatic hydroxyl groups is 1. The fraction of sp³-hybridized carbons (Fsp3) is 0.562. The first-order valence-electron chi connectivity index (χ1n) is 7.02. The number of amides is 1. The van der Waals surface area contributed by atoms with Gasteiger partial charge in [0.25, 0.3) is 5.91 Å². The van der Waals surface area contributed by atoms with Crippen molar-refractivity contribution in [1.29, 1.82) is 0 Å². The Morgan fingerprint density at radius 2 is 1.79 bits per heavy atom. The maximum Gasteiger partial charge on any atom is 0.251 e. The molecule has 3 heteroatoms. The van der Waals surface area contributed by atoms with Crippen LogP contribution < -0.4 is 5.32 Å². The van der Waals surface area contributed by atoms with E-state index < -0.39 is 0 Å². The van der Waals surface area contributed by atoms with E-state index >= 15 is 0 Å². The van der Waals surface area contributed by atoms with Crippen molar-refractivity contribution >= 4 is 5.91 Å². The van der Waals surface area contributed by atoms with Crippen LogP contribution in [0.25, 0.3) is 0 Å². The minimum Gasteiger partial charge on any atom is -0.396 e. The summed E-state index contributed by atoms with van der Waals surface area (Å²) in [6.07, 6.45) is 4.33. The first-order chi connectivity index (χ1) is 9.04. The van der Waals surface area contributed by atoms with E-state index in [9.17, 15) is 9.90 Å². The van der Waals surface area contributed by atoms with Crippen LogP contribution in [0.5, 0.6) is 0 Å². The highest BCUT2D eigenvalue weighted by atomic mass is 16.3. The number of carbonyl (C=O) groups is 1. The highest BCUT2D eigenvalue weighted by molar-refractivity contribution is 5.94. The first-order valence-corrected chi connectivity index (χ1v) is 7.02. The van der Waals surface area contributed by atoms with Crippen molar-refractivity contribution in [3.63, 3.8) is 0 Å². The summed E-state index contributed by atoms with van der Waals surface area (Å²) in [6, 6.07) is 5.87. The van der Waals surface area contributed by atoms with Crippen molar-refractivity contribution in [3.8, 4) is 0 Å². The zero-order valence-electron chi connectivity index (χ0n) is 11.8. The lowest BCUT2D eigenvalue weighted by Crippen LogP contribution is -2.38. The molecule has 1 fully saturated rings. The molecule has 0 spiro atoms. The molecule has 1 saturated carbocycles. The van der Waals surface area contributed by atoms with Gasteiger partial charge in [0.05, 0.1) is 6.61 Å². The topological polar surface area (TPSA) is 49.3 Å². The van der Waals surface area contributed by atoms with Gasteiger partial charge < -0.3 is 10.4 Å². The summed E-state index contributed by atoms with van der Waals surface area (Å²) in [6.45, 7) is 4.74. The smallest absolute Gasteiger partial charge is 0.251 e. The van der Waals surface area contributed by atoms with Gasteiger partial charge >= 0.3 is 0 Å². The highest BCUT2D eigenvalue weighted by Crippen LogP contribution is 2.36. The molecular weight excluding hydrogens is 238 g/mol. The normalized spacial score (nSPS) is 17.4. The summed E-state index contributed by atoms with van der Waals surface area (Å²) in [5.74, 6) is -0.0356. The Morgan fingerprint density at radius 1 is 1.21 bits per heavy atom. The van der Waals surface area contributed by atoms with Crippen molar-refractivity contribution in [1.82, 2.24) is 5.32 Å². The number of hydrogen-bond acceptors (Lipinski definition) is 2. The van der Waals surface area contributed by atoms with Crippen LogP contribution in [-0.2, 0) is 0 Å². The summed E-state index contributed by atoms with van der Waals surface area (Å²) >= 11 is 0. The van der Waals surface area contributed by atoms with E-state index in [1.54, 1.807) is 0 Å². The Bertz CT molecular complexity index is 442. The molecule has 0 aromatic heterocycles. The van der Waals surface area contributed by atoms with Crippen molar-refractivity contribution in [2.75, 3.05) is 13.2 Å². The molecular formula is C16H23NO2. The molecule has 1 amide bonds. The van der Waals surface area contributed by atoms with Gasteiger partial charge in [0.2, 0.25) is 0 Å². The van der Waals surface area contributed by atoms with E-state index in [4.69, 9.17) is 0 Å². The Hall–Kier alpha value is -1.35. The summed E-state index contributed by atoms with van der Waals surface area (Å²) in [5.41, 5.74) is 2.82. The van der Waals surface area contributed by atoms with Crippen molar-refractivity contribution in [2.45, 2.75) is 39.5 Å². The summed E-state index contributed by atoms with van der Waals surface area (Å²) < 4.78 is 0. The molecule has 0 radical (unpaired) electrons. The van der Waals surface area contributed by atoms with Gasteiger partial charge in [0.15, 0.2) is 0 Å². The van der Waals surface area contributed by atoms with Crippen LogP contribution in [0.15, 0.2) is 18.2 Å². The van der Waals surface area contributed by atoms with Gasteiger partial charge in [-0.25, -0.2) is 0 Å². The van der Waals surface area contributed by atoms with E-state index in [0.29, 0.717) is 12.1 Å². The molecule has 1 aliphatic rings. The maximum atomic E-state index is 12.2. The molecule has 104 valence electrons. The van der Waals surface area contributed by atoms with Gasteiger partial charge in [-0.05, 0) is 38.8 Å². The lowest BCUT2D eigenvalue weighted by molar-refractivity contribution is 0.0880. The second-order valence-electron chi connectivity index (χ2n) is 5.92. The van der Waals surface area contributed by atoms with E-state index in [2.05, 4.69) is 11.4 Å². The zero-order chi connectivity index (χ0) is 13.9. The predicted molar refractivity (Wildman–Crippen MR) is 76.2 cm³/mol. The third kappa shape index (κ3) is 3.35. The largest absolute Gasteiger partial charge is 0.396 e. The third-order valence-corrected chi connectivity index (χ3v) is 4.11. The molecule has 0 atom stereocenters. The number of carbonyl (C=O) groups excluding carboxylic acids is 1. The molecule has 1 aromatic carbocycles. The van der Waals surface area contributed by atoms with Gasteiger partial charge in [0, 0.05) is 17.5 Å². The minimum absolute atomic E-state index is 0.0356. The monoisotopic (exact) mass is 261 g/mol. The van der Waals surface area contributed by atoms with E-state index in [-0.39, 0.29) is 17.9 Å². The van der Waals surface area contributed by atoms with Crippen LogP contribution in [0.4, 0.5) is 0 Å². The van der Waals surface area contributed by atoms with Gasteiger partial charge in [-0.1, -0.05) is 30.0 Å². The molecule has 0 unspecified atom stereocenters. The van der Waals surface area contributed by atoms with E-state index in [1.165, 1.54) is 0 Å². The molecule has 19 heavy (non-hydrogen) atoms. The van der Waals surface area contributed by atoms with Crippen molar-refractivity contribution < 1.29 is 9.90 Å². The van der Waals surface area contributed by atoms with Gasteiger partial charge in [-0.2, -0.15) is 0 Å². The quantitative estimate of drug-likeness (QED) is 0.875. The Balaban J connectivity index is 2.01. The summed E-state index contributed by atoms with van der Waals surface area (Å²) in [7, 11) is 0. The van der Waals surface area contributed by atoms with Crippen molar-refractivity contribution in [2.24, 2.45) is 5.41 Å². The predicted octanol–water partition coefficient (Wildman–Crippen LogP) is 2.59.